The topological polar surface area (TPSA) is 73.0 Å². The van der Waals surface area contributed by atoms with Crippen LogP contribution in [0.4, 0.5) is 5.69 Å². The molecule has 0 aliphatic heterocycles. The highest BCUT2D eigenvalue weighted by molar-refractivity contribution is 9.10. The van der Waals surface area contributed by atoms with Crippen LogP contribution in [0, 0.1) is 0 Å². The zero-order chi connectivity index (χ0) is 12.4. The summed E-state index contributed by atoms with van der Waals surface area (Å²) < 4.78 is 7.31. The number of H-pyrrole nitrogens is 1. The van der Waals surface area contributed by atoms with Gasteiger partial charge in [0.15, 0.2) is 0 Å². The van der Waals surface area contributed by atoms with Gasteiger partial charge in [-0.15, -0.1) is 0 Å². The van der Waals surface area contributed by atoms with E-state index in [4.69, 9.17) is 10.5 Å². The number of anilines is 1. The third-order valence-corrected chi connectivity index (χ3v) is 2.91. The summed E-state index contributed by atoms with van der Waals surface area (Å²) in [7, 11) is 1.55. The van der Waals surface area contributed by atoms with Gasteiger partial charge in [-0.3, -0.25) is 9.89 Å². The van der Waals surface area contributed by atoms with E-state index < -0.39 is 0 Å². The Balaban J connectivity index is 2.49. The average molecular weight is 298 g/mol. The smallest absolute Gasteiger partial charge is 0.294 e. The lowest BCUT2D eigenvalue weighted by atomic mass is 10.3. The maximum atomic E-state index is 11.9. The van der Waals surface area contributed by atoms with Crippen molar-refractivity contribution in [3.8, 4) is 5.69 Å². The summed E-state index contributed by atoms with van der Waals surface area (Å²) in [4.78, 5) is 11.9. The van der Waals surface area contributed by atoms with Gasteiger partial charge in [-0.25, -0.2) is 4.68 Å². The lowest BCUT2D eigenvalue weighted by molar-refractivity contribution is 0.181. The molecule has 0 radical (unpaired) electrons. The summed E-state index contributed by atoms with van der Waals surface area (Å²) in [5.41, 5.74) is 6.94. The maximum Gasteiger partial charge on any atom is 0.294 e. The molecule has 17 heavy (non-hydrogen) atoms. The van der Waals surface area contributed by atoms with E-state index >= 15 is 0 Å². The van der Waals surface area contributed by atoms with Gasteiger partial charge >= 0.3 is 0 Å². The number of nitrogen functional groups attached to an aromatic ring is 1. The Hall–Kier alpha value is -1.53. The van der Waals surface area contributed by atoms with Gasteiger partial charge in [-0.05, 0) is 24.3 Å². The van der Waals surface area contributed by atoms with Crippen LogP contribution in [0.15, 0.2) is 33.5 Å². The lowest BCUT2D eigenvalue weighted by Gasteiger charge is -2.01. The number of halogens is 1. The van der Waals surface area contributed by atoms with Crippen molar-refractivity contribution < 1.29 is 4.74 Å². The lowest BCUT2D eigenvalue weighted by Crippen LogP contribution is -2.16. The van der Waals surface area contributed by atoms with Crippen LogP contribution < -0.4 is 11.3 Å². The normalized spacial score (nSPS) is 10.7. The van der Waals surface area contributed by atoms with Crippen molar-refractivity contribution in [2.24, 2.45) is 0 Å². The molecular formula is C11H12BrN3O2. The molecule has 0 amide bonds. The molecule has 2 rings (SSSR count). The van der Waals surface area contributed by atoms with Crippen molar-refractivity contribution in [3.05, 3.63) is 44.8 Å². The molecule has 0 bridgehead atoms. The monoisotopic (exact) mass is 297 g/mol. The number of methoxy groups -OCH3 is 1. The van der Waals surface area contributed by atoms with Crippen molar-refractivity contribution >= 4 is 21.6 Å². The highest BCUT2D eigenvalue weighted by Gasteiger charge is 2.11. The van der Waals surface area contributed by atoms with E-state index in [1.807, 2.05) is 24.3 Å². The fourth-order valence-corrected chi connectivity index (χ4v) is 1.79. The Morgan fingerprint density at radius 1 is 1.41 bits per heavy atom. The van der Waals surface area contributed by atoms with Crippen LogP contribution in [0.1, 0.15) is 5.69 Å². The summed E-state index contributed by atoms with van der Waals surface area (Å²) in [6.45, 7) is 0.282. The molecule has 5 nitrogen and oxygen atoms in total. The second-order valence-corrected chi connectivity index (χ2v) is 4.47. The van der Waals surface area contributed by atoms with Crippen LogP contribution >= 0.6 is 15.9 Å². The van der Waals surface area contributed by atoms with Gasteiger partial charge in [0.1, 0.15) is 5.69 Å². The number of nitrogens with two attached hydrogens (primary N) is 1. The molecule has 0 fully saturated rings. The van der Waals surface area contributed by atoms with Crippen molar-refractivity contribution in [1.29, 1.82) is 0 Å². The molecule has 1 heterocycles. The SMILES string of the molecule is COCc1[nH]n(-c2ccc(Br)cc2)c(=O)c1N. The zero-order valence-corrected chi connectivity index (χ0v) is 10.8. The summed E-state index contributed by atoms with van der Waals surface area (Å²) in [5, 5.41) is 2.93. The number of ether oxygens (including phenoxy) is 1. The molecule has 0 saturated carbocycles. The van der Waals surface area contributed by atoms with Gasteiger partial charge in [-0.1, -0.05) is 15.9 Å². The Labute approximate surface area is 106 Å². The molecule has 3 N–H and O–H groups in total. The standard InChI is InChI=1S/C11H12BrN3O2/c1-17-6-9-10(13)11(16)15(14-9)8-4-2-7(12)3-5-8/h2-5,14H,6,13H2,1H3. The first kappa shape index (κ1) is 11.9. The van der Waals surface area contributed by atoms with Crippen molar-refractivity contribution in [2.45, 2.75) is 6.61 Å². The molecule has 1 aromatic carbocycles. The van der Waals surface area contributed by atoms with Crippen LogP contribution in [0.25, 0.3) is 5.69 Å². The predicted octanol–water partition coefficient (Wildman–Crippen LogP) is 1.66. The molecule has 0 aliphatic rings. The number of hydrogen-bond donors (Lipinski definition) is 2. The number of rotatable bonds is 3. The largest absolute Gasteiger partial charge is 0.393 e. The van der Waals surface area contributed by atoms with Crippen LogP contribution in [0.3, 0.4) is 0 Å². The first-order valence-corrected chi connectivity index (χ1v) is 5.77. The first-order valence-electron chi connectivity index (χ1n) is 4.97. The van der Waals surface area contributed by atoms with Gasteiger partial charge in [0.25, 0.3) is 5.56 Å². The average Bonchev–Trinajstić information content (AvgIpc) is 2.59. The second kappa shape index (κ2) is 4.77. The van der Waals surface area contributed by atoms with E-state index in [9.17, 15) is 4.79 Å². The fourth-order valence-electron chi connectivity index (χ4n) is 1.52. The van der Waals surface area contributed by atoms with Gasteiger partial charge in [0.2, 0.25) is 0 Å². The minimum absolute atomic E-state index is 0.190. The van der Waals surface area contributed by atoms with E-state index in [0.29, 0.717) is 5.69 Å². The number of nitrogens with one attached hydrogen (secondary N) is 1. The number of benzene rings is 1. The minimum Gasteiger partial charge on any atom is -0.393 e. The van der Waals surface area contributed by atoms with Crippen LogP contribution in [-0.4, -0.2) is 16.9 Å². The van der Waals surface area contributed by atoms with Crippen LogP contribution in [0.2, 0.25) is 0 Å². The molecule has 1 aromatic heterocycles. The number of aromatic nitrogens is 2. The number of nitrogens with zero attached hydrogens (tertiary/aromatic N) is 1. The number of aromatic amines is 1. The number of hydrogen-bond acceptors (Lipinski definition) is 3. The molecule has 0 unspecified atom stereocenters. The predicted molar refractivity (Wildman–Crippen MR) is 69.2 cm³/mol. The van der Waals surface area contributed by atoms with Crippen LogP contribution in [-0.2, 0) is 11.3 Å². The Kier molecular flexibility index (Phi) is 3.35. The van der Waals surface area contributed by atoms with Gasteiger partial charge in [0.05, 0.1) is 18.0 Å². The summed E-state index contributed by atoms with van der Waals surface area (Å²) >= 11 is 3.34. The van der Waals surface area contributed by atoms with Crippen molar-refractivity contribution in [2.75, 3.05) is 12.8 Å². The highest BCUT2D eigenvalue weighted by Crippen LogP contribution is 2.14. The Morgan fingerprint density at radius 2 is 2.06 bits per heavy atom. The summed E-state index contributed by atoms with van der Waals surface area (Å²) in [6.07, 6.45) is 0. The first-order chi connectivity index (χ1) is 8.13. The Morgan fingerprint density at radius 3 is 2.65 bits per heavy atom. The maximum absolute atomic E-state index is 11.9. The molecular weight excluding hydrogens is 286 g/mol. The van der Waals surface area contributed by atoms with E-state index in [0.717, 1.165) is 10.2 Å². The van der Waals surface area contributed by atoms with Crippen molar-refractivity contribution in [3.63, 3.8) is 0 Å². The quantitative estimate of drug-likeness (QED) is 0.905. The second-order valence-electron chi connectivity index (χ2n) is 3.55. The van der Waals surface area contributed by atoms with E-state index in [1.54, 1.807) is 7.11 Å². The van der Waals surface area contributed by atoms with Crippen LogP contribution in [0.5, 0.6) is 0 Å². The minimum atomic E-state index is -0.264. The third kappa shape index (κ3) is 2.27. The molecule has 2 aromatic rings. The van der Waals surface area contributed by atoms with Gasteiger partial charge in [-0.2, -0.15) is 0 Å². The third-order valence-electron chi connectivity index (χ3n) is 2.38. The molecule has 0 atom stereocenters. The molecule has 0 aliphatic carbocycles. The zero-order valence-electron chi connectivity index (χ0n) is 9.24. The van der Waals surface area contributed by atoms with Gasteiger partial charge in [0, 0.05) is 11.6 Å². The molecule has 90 valence electrons. The Bertz CT molecular complexity index is 571. The molecule has 0 saturated heterocycles. The van der Waals surface area contributed by atoms with Crippen molar-refractivity contribution in [1.82, 2.24) is 9.78 Å². The van der Waals surface area contributed by atoms with E-state index in [-0.39, 0.29) is 17.9 Å². The molecule has 6 heteroatoms. The van der Waals surface area contributed by atoms with Gasteiger partial charge < -0.3 is 10.5 Å². The molecule has 0 spiro atoms. The summed E-state index contributed by atoms with van der Waals surface area (Å²) in [6, 6.07) is 7.35. The highest BCUT2D eigenvalue weighted by atomic mass is 79.9. The van der Waals surface area contributed by atoms with E-state index in [2.05, 4.69) is 21.0 Å². The van der Waals surface area contributed by atoms with E-state index in [1.165, 1.54) is 4.68 Å². The fraction of sp³-hybridized carbons (Fsp3) is 0.182. The summed E-state index contributed by atoms with van der Waals surface area (Å²) in [5.74, 6) is 0.